The van der Waals surface area contributed by atoms with Gasteiger partial charge in [-0.3, -0.25) is 4.79 Å². The van der Waals surface area contributed by atoms with Crippen LogP contribution in [0.15, 0.2) is 34.9 Å². The number of aliphatic hydroxyl groups excluding tert-OH is 1. The van der Waals surface area contributed by atoms with E-state index in [9.17, 15) is 4.79 Å². The zero-order chi connectivity index (χ0) is 14.5. The Balaban J connectivity index is 2.31. The van der Waals surface area contributed by atoms with Crippen molar-refractivity contribution in [2.45, 2.75) is 13.8 Å². The Morgan fingerprint density at radius 3 is 2.80 bits per heavy atom. The third-order valence-corrected chi connectivity index (χ3v) is 2.83. The van der Waals surface area contributed by atoms with Crippen molar-refractivity contribution in [2.24, 2.45) is 0 Å². The van der Waals surface area contributed by atoms with E-state index in [1.54, 1.807) is 13.0 Å². The molecule has 4 heteroatoms. The summed E-state index contributed by atoms with van der Waals surface area (Å²) in [6, 6.07) is 7.18. The van der Waals surface area contributed by atoms with Gasteiger partial charge in [0.05, 0.1) is 17.5 Å². The first-order valence-electron chi connectivity index (χ1n) is 6.17. The van der Waals surface area contributed by atoms with Gasteiger partial charge >= 0.3 is 0 Å². The fraction of sp³-hybridized carbons (Fsp3) is 0.188. The molecule has 20 heavy (non-hydrogen) atoms. The highest BCUT2D eigenvalue weighted by Crippen LogP contribution is 2.19. The smallest absolute Gasteiger partial charge is 0.259 e. The molecule has 4 nitrogen and oxygen atoms in total. The van der Waals surface area contributed by atoms with Crippen molar-refractivity contribution >= 4 is 11.6 Å². The Morgan fingerprint density at radius 2 is 2.15 bits per heavy atom. The number of aryl methyl sites for hydroxylation is 2. The van der Waals surface area contributed by atoms with Gasteiger partial charge in [-0.2, -0.15) is 0 Å². The normalized spacial score (nSPS) is 9.75. The molecule has 102 valence electrons. The number of carbonyl (C=O) groups excluding carboxylic acids is 1. The quantitative estimate of drug-likeness (QED) is 0.823. The van der Waals surface area contributed by atoms with Crippen LogP contribution in [0.2, 0.25) is 0 Å². The molecule has 0 spiro atoms. The fourth-order valence-corrected chi connectivity index (χ4v) is 1.82. The fourth-order valence-electron chi connectivity index (χ4n) is 1.82. The lowest BCUT2D eigenvalue weighted by Gasteiger charge is -2.08. The maximum atomic E-state index is 12.2. The third-order valence-electron chi connectivity index (χ3n) is 2.83. The first-order valence-corrected chi connectivity index (χ1v) is 6.17. The number of nitrogens with one attached hydrogen (secondary N) is 1. The second kappa shape index (κ2) is 6.09. The highest BCUT2D eigenvalue weighted by atomic mass is 16.3. The van der Waals surface area contributed by atoms with Crippen LogP contribution >= 0.6 is 0 Å². The summed E-state index contributed by atoms with van der Waals surface area (Å²) >= 11 is 0. The average molecular weight is 269 g/mol. The van der Waals surface area contributed by atoms with Crippen LogP contribution in [0.1, 0.15) is 27.2 Å². The summed E-state index contributed by atoms with van der Waals surface area (Å²) in [4.78, 5) is 12.2. The maximum absolute atomic E-state index is 12.2. The van der Waals surface area contributed by atoms with E-state index in [-0.39, 0.29) is 12.5 Å². The van der Waals surface area contributed by atoms with Crippen molar-refractivity contribution in [3.05, 3.63) is 53.0 Å². The molecule has 0 fully saturated rings. The van der Waals surface area contributed by atoms with E-state index in [0.29, 0.717) is 22.6 Å². The second-order valence-corrected chi connectivity index (χ2v) is 4.35. The Labute approximate surface area is 117 Å². The first kappa shape index (κ1) is 13.9. The standard InChI is InChI=1S/C16H15NO3/c1-11-5-6-13(4-3-8-18)15(10-11)17-16(19)14-7-9-20-12(14)2/h5-7,9-10,18H,8H2,1-2H3,(H,17,19). The second-order valence-electron chi connectivity index (χ2n) is 4.35. The molecule has 0 unspecified atom stereocenters. The number of benzene rings is 1. The van der Waals surface area contributed by atoms with E-state index in [1.165, 1.54) is 6.26 Å². The van der Waals surface area contributed by atoms with Gasteiger partial charge in [0, 0.05) is 5.56 Å². The maximum Gasteiger partial charge on any atom is 0.259 e. The van der Waals surface area contributed by atoms with Gasteiger partial charge in [0.25, 0.3) is 5.91 Å². The molecule has 0 aliphatic heterocycles. The number of furan rings is 1. The van der Waals surface area contributed by atoms with Gasteiger partial charge in [-0.1, -0.05) is 17.9 Å². The number of hydrogen-bond donors (Lipinski definition) is 2. The zero-order valence-corrected chi connectivity index (χ0v) is 11.4. The van der Waals surface area contributed by atoms with Crippen molar-refractivity contribution in [3.63, 3.8) is 0 Å². The predicted octanol–water partition coefficient (Wildman–Crippen LogP) is 2.49. The largest absolute Gasteiger partial charge is 0.469 e. The molecule has 1 heterocycles. The van der Waals surface area contributed by atoms with Crippen molar-refractivity contribution in [1.82, 2.24) is 0 Å². The van der Waals surface area contributed by atoms with Crippen LogP contribution in [0.3, 0.4) is 0 Å². The lowest BCUT2D eigenvalue weighted by Crippen LogP contribution is -2.13. The minimum absolute atomic E-state index is 0.220. The number of hydrogen-bond acceptors (Lipinski definition) is 3. The topological polar surface area (TPSA) is 62.5 Å². The van der Waals surface area contributed by atoms with Crippen LogP contribution in [0, 0.1) is 25.7 Å². The van der Waals surface area contributed by atoms with Gasteiger partial charge < -0.3 is 14.8 Å². The van der Waals surface area contributed by atoms with Crippen LogP contribution < -0.4 is 5.32 Å². The van der Waals surface area contributed by atoms with Gasteiger partial charge in [0.2, 0.25) is 0 Å². The molecule has 0 aliphatic carbocycles. The minimum atomic E-state index is -0.242. The predicted molar refractivity (Wildman–Crippen MR) is 76.5 cm³/mol. The molecule has 0 aliphatic rings. The summed E-state index contributed by atoms with van der Waals surface area (Å²) in [7, 11) is 0. The van der Waals surface area contributed by atoms with Gasteiger partial charge in [-0.05, 0) is 37.6 Å². The molecule has 0 saturated heterocycles. The summed E-state index contributed by atoms with van der Waals surface area (Å²) in [6.45, 7) is 3.45. The summed E-state index contributed by atoms with van der Waals surface area (Å²) in [5.41, 5.74) is 2.79. The first-order chi connectivity index (χ1) is 9.61. The number of rotatable bonds is 2. The Kier molecular flexibility index (Phi) is 4.24. The Bertz CT molecular complexity index is 689. The van der Waals surface area contributed by atoms with Gasteiger partial charge in [0.1, 0.15) is 12.4 Å². The molecular weight excluding hydrogens is 254 g/mol. The van der Waals surface area contributed by atoms with E-state index >= 15 is 0 Å². The van der Waals surface area contributed by atoms with E-state index in [2.05, 4.69) is 17.2 Å². The molecule has 1 aromatic carbocycles. The lowest BCUT2D eigenvalue weighted by atomic mass is 10.1. The van der Waals surface area contributed by atoms with Crippen LogP contribution in [-0.2, 0) is 0 Å². The van der Waals surface area contributed by atoms with Gasteiger partial charge in [-0.15, -0.1) is 0 Å². The Morgan fingerprint density at radius 1 is 1.35 bits per heavy atom. The van der Waals surface area contributed by atoms with E-state index in [0.717, 1.165) is 5.56 Å². The number of amides is 1. The monoisotopic (exact) mass is 269 g/mol. The highest BCUT2D eigenvalue weighted by Gasteiger charge is 2.13. The van der Waals surface area contributed by atoms with Crippen molar-refractivity contribution in [2.75, 3.05) is 11.9 Å². The summed E-state index contributed by atoms with van der Waals surface area (Å²) in [6.07, 6.45) is 1.48. The molecule has 2 N–H and O–H groups in total. The lowest BCUT2D eigenvalue weighted by molar-refractivity contribution is 0.102. The number of carbonyl (C=O) groups is 1. The molecule has 2 rings (SSSR count). The van der Waals surface area contributed by atoms with Crippen molar-refractivity contribution in [1.29, 1.82) is 0 Å². The van der Waals surface area contributed by atoms with Crippen LogP contribution in [0.5, 0.6) is 0 Å². The van der Waals surface area contributed by atoms with Gasteiger partial charge in [0.15, 0.2) is 0 Å². The molecule has 1 amide bonds. The highest BCUT2D eigenvalue weighted by molar-refractivity contribution is 6.05. The van der Waals surface area contributed by atoms with Crippen LogP contribution in [0.25, 0.3) is 0 Å². The molecule has 0 atom stereocenters. The van der Waals surface area contributed by atoms with Gasteiger partial charge in [-0.25, -0.2) is 0 Å². The summed E-state index contributed by atoms with van der Waals surface area (Å²) in [5, 5.41) is 11.6. The minimum Gasteiger partial charge on any atom is -0.469 e. The van der Waals surface area contributed by atoms with Crippen LogP contribution in [0.4, 0.5) is 5.69 Å². The summed E-state index contributed by atoms with van der Waals surface area (Å²) in [5.74, 6) is 5.72. The number of anilines is 1. The SMILES string of the molecule is Cc1ccc(C#CCO)c(NC(=O)c2ccoc2C)c1. The third kappa shape index (κ3) is 3.08. The molecular formula is C16H15NO3. The molecule has 2 aromatic rings. The van der Waals surface area contributed by atoms with E-state index in [4.69, 9.17) is 9.52 Å². The Hall–Kier alpha value is -2.51. The molecule has 1 aromatic heterocycles. The molecule has 0 radical (unpaired) electrons. The summed E-state index contributed by atoms with van der Waals surface area (Å²) < 4.78 is 5.12. The van der Waals surface area contributed by atoms with Crippen LogP contribution in [-0.4, -0.2) is 17.6 Å². The average Bonchev–Trinajstić information content (AvgIpc) is 2.84. The van der Waals surface area contributed by atoms with Crippen molar-refractivity contribution in [3.8, 4) is 11.8 Å². The van der Waals surface area contributed by atoms with E-state index < -0.39 is 0 Å². The zero-order valence-electron chi connectivity index (χ0n) is 11.4. The molecule has 0 saturated carbocycles. The van der Waals surface area contributed by atoms with E-state index in [1.807, 2.05) is 25.1 Å². The molecule has 0 bridgehead atoms. The van der Waals surface area contributed by atoms with Crippen molar-refractivity contribution < 1.29 is 14.3 Å². The number of aliphatic hydroxyl groups is 1.